The van der Waals surface area contributed by atoms with Crippen LogP contribution in [0.15, 0.2) is 48.7 Å². The van der Waals surface area contributed by atoms with Gasteiger partial charge < -0.3 is 10.2 Å². The molecule has 1 saturated carbocycles. The molecule has 0 unspecified atom stereocenters. The Bertz CT molecular complexity index is 638. The van der Waals surface area contributed by atoms with Gasteiger partial charge in [0.05, 0.1) is 12.2 Å². The van der Waals surface area contributed by atoms with Crippen molar-refractivity contribution in [3.8, 4) is 0 Å². The molecule has 1 aromatic heterocycles. The topological polar surface area (TPSA) is 28.2 Å². The maximum absolute atomic E-state index is 5.67. The first kappa shape index (κ1) is 15.0. The van der Waals surface area contributed by atoms with Crippen molar-refractivity contribution < 1.29 is 0 Å². The zero-order valence-corrected chi connectivity index (χ0v) is 13.6. The van der Waals surface area contributed by atoms with Gasteiger partial charge in [0.2, 0.25) is 0 Å². The Labute approximate surface area is 137 Å². The van der Waals surface area contributed by atoms with Crippen molar-refractivity contribution in [3.05, 3.63) is 59.9 Å². The number of benzene rings is 1. The van der Waals surface area contributed by atoms with E-state index < -0.39 is 0 Å². The van der Waals surface area contributed by atoms with Crippen molar-refractivity contribution in [1.29, 1.82) is 0 Å². The zero-order chi connectivity index (χ0) is 15.4. The average molecular weight is 311 g/mol. The number of hydrogen-bond donors (Lipinski definition) is 1. The quantitative estimate of drug-likeness (QED) is 0.845. The van der Waals surface area contributed by atoms with E-state index in [2.05, 4.69) is 46.4 Å². The Morgan fingerprint density at radius 2 is 2.00 bits per heavy atom. The van der Waals surface area contributed by atoms with Crippen LogP contribution in [0.1, 0.15) is 31.0 Å². The summed E-state index contributed by atoms with van der Waals surface area (Å²) in [5.74, 6) is 0. The van der Waals surface area contributed by atoms with Gasteiger partial charge in [-0.15, -0.1) is 0 Å². The molecule has 22 heavy (non-hydrogen) atoms. The molecule has 0 aliphatic heterocycles. The Morgan fingerprint density at radius 3 is 2.68 bits per heavy atom. The minimum atomic E-state index is 0.552. The fraction of sp³-hybridized carbons (Fsp3) is 0.333. The number of nitrogens with zero attached hydrogens (tertiary/aromatic N) is 2. The molecule has 1 fully saturated rings. The lowest BCUT2D eigenvalue weighted by Crippen LogP contribution is -2.36. The van der Waals surface area contributed by atoms with Crippen molar-refractivity contribution in [1.82, 2.24) is 9.88 Å². The van der Waals surface area contributed by atoms with Crippen LogP contribution < -0.4 is 5.32 Å². The van der Waals surface area contributed by atoms with Crippen molar-refractivity contribution in [2.75, 3.05) is 5.32 Å². The lowest BCUT2D eigenvalue weighted by molar-refractivity contribution is 0.404. The van der Waals surface area contributed by atoms with E-state index in [0.717, 1.165) is 29.5 Å². The van der Waals surface area contributed by atoms with Crippen LogP contribution in [0.5, 0.6) is 0 Å². The molecule has 1 N–H and O–H groups in total. The highest BCUT2D eigenvalue weighted by atomic mass is 32.1. The van der Waals surface area contributed by atoms with Gasteiger partial charge in [-0.1, -0.05) is 31.2 Å². The second kappa shape index (κ2) is 6.88. The SMILES string of the molecule is CCc1ccccc1NC(=S)N(Cc1ccccn1)C1CC1. The predicted octanol–water partition coefficient (Wildman–Crippen LogP) is 4.01. The van der Waals surface area contributed by atoms with E-state index in [-0.39, 0.29) is 0 Å². The van der Waals surface area contributed by atoms with Gasteiger partial charge in [-0.05, 0) is 55.2 Å². The molecule has 1 aliphatic carbocycles. The summed E-state index contributed by atoms with van der Waals surface area (Å²) in [7, 11) is 0. The summed E-state index contributed by atoms with van der Waals surface area (Å²) in [6.07, 6.45) is 5.26. The number of anilines is 1. The number of para-hydroxylation sites is 1. The number of hydrogen-bond acceptors (Lipinski definition) is 2. The van der Waals surface area contributed by atoms with Crippen molar-refractivity contribution in [2.24, 2.45) is 0 Å². The highest BCUT2D eigenvalue weighted by molar-refractivity contribution is 7.80. The van der Waals surface area contributed by atoms with Gasteiger partial charge in [-0.25, -0.2) is 0 Å². The summed E-state index contributed by atoms with van der Waals surface area (Å²) in [6, 6.07) is 14.9. The lowest BCUT2D eigenvalue weighted by Gasteiger charge is -2.26. The minimum absolute atomic E-state index is 0.552. The standard InChI is InChI=1S/C18H21N3S/c1-2-14-7-3-4-9-17(14)20-18(22)21(16-10-11-16)13-15-8-5-6-12-19-15/h3-9,12,16H,2,10-11,13H2,1H3,(H,20,22). The van der Waals surface area contributed by atoms with E-state index in [4.69, 9.17) is 12.2 Å². The van der Waals surface area contributed by atoms with Gasteiger partial charge in [-0.3, -0.25) is 4.98 Å². The molecule has 3 nitrogen and oxygen atoms in total. The molecule has 1 aliphatic rings. The molecule has 0 saturated heterocycles. The molecule has 0 bridgehead atoms. The molecule has 1 aromatic carbocycles. The highest BCUT2D eigenvalue weighted by Crippen LogP contribution is 2.29. The van der Waals surface area contributed by atoms with Crippen molar-refractivity contribution in [3.63, 3.8) is 0 Å². The number of aryl methyl sites for hydroxylation is 1. The lowest BCUT2D eigenvalue weighted by atomic mass is 10.1. The highest BCUT2D eigenvalue weighted by Gasteiger charge is 2.31. The van der Waals surface area contributed by atoms with Crippen LogP contribution in [-0.2, 0) is 13.0 Å². The second-order valence-electron chi connectivity index (χ2n) is 5.62. The van der Waals surface area contributed by atoms with Gasteiger partial charge in [0.15, 0.2) is 5.11 Å². The van der Waals surface area contributed by atoms with E-state index in [0.29, 0.717) is 6.04 Å². The van der Waals surface area contributed by atoms with E-state index in [1.807, 2.05) is 24.4 Å². The first-order chi connectivity index (χ1) is 10.8. The first-order valence-electron chi connectivity index (χ1n) is 7.83. The molecule has 2 aromatic rings. The average Bonchev–Trinajstić information content (AvgIpc) is 3.39. The molecule has 3 rings (SSSR count). The second-order valence-corrected chi connectivity index (χ2v) is 6.01. The Kier molecular flexibility index (Phi) is 4.68. The zero-order valence-electron chi connectivity index (χ0n) is 12.8. The van der Waals surface area contributed by atoms with Crippen LogP contribution in [0.2, 0.25) is 0 Å². The van der Waals surface area contributed by atoms with Gasteiger partial charge in [0.1, 0.15) is 0 Å². The number of aromatic nitrogens is 1. The van der Waals surface area contributed by atoms with E-state index >= 15 is 0 Å². The molecule has 0 amide bonds. The normalized spacial score (nSPS) is 13.7. The van der Waals surface area contributed by atoms with E-state index in [1.54, 1.807) is 0 Å². The largest absolute Gasteiger partial charge is 0.340 e. The molecular weight excluding hydrogens is 290 g/mol. The van der Waals surface area contributed by atoms with Crippen LogP contribution in [0, 0.1) is 0 Å². The minimum Gasteiger partial charge on any atom is -0.340 e. The van der Waals surface area contributed by atoms with Crippen LogP contribution in [0.25, 0.3) is 0 Å². The smallest absolute Gasteiger partial charge is 0.174 e. The molecular formula is C18H21N3S. The number of nitrogens with one attached hydrogen (secondary N) is 1. The van der Waals surface area contributed by atoms with Crippen molar-refractivity contribution >= 4 is 23.0 Å². The molecule has 0 spiro atoms. The fourth-order valence-corrected chi connectivity index (χ4v) is 2.88. The van der Waals surface area contributed by atoms with Crippen LogP contribution in [0.3, 0.4) is 0 Å². The third-order valence-electron chi connectivity index (χ3n) is 3.95. The van der Waals surface area contributed by atoms with Crippen molar-refractivity contribution in [2.45, 2.75) is 38.8 Å². The summed E-state index contributed by atoms with van der Waals surface area (Å²) >= 11 is 5.67. The molecule has 0 atom stereocenters. The van der Waals surface area contributed by atoms with E-state index in [9.17, 15) is 0 Å². The molecule has 1 heterocycles. The van der Waals surface area contributed by atoms with Gasteiger partial charge in [0, 0.05) is 17.9 Å². The summed E-state index contributed by atoms with van der Waals surface area (Å²) in [5, 5.41) is 4.23. The molecule has 4 heteroatoms. The Balaban J connectivity index is 1.73. The number of rotatable bonds is 5. The summed E-state index contributed by atoms with van der Waals surface area (Å²) in [4.78, 5) is 6.69. The Hall–Kier alpha value is -1.94. The first-order valence-corrected chi connectivity index (χ1v) is 8.24. The number of thiocarbonyl (C=S) groups is 1. The maximum atomic E-state index is 5.67. The monoisotopic (exact) mass is 311 g/mol. The predicted molar refractivity (Wildman–Crippen MR) is 94.8 cm³/mol. The third-order valence-corrected chi connectivity index (χ3v) is 4.28. The van der Waals surface area contributed by atoms with Crippen LogP contribution in [0.4, 0.5) is 5.69 Å². The maximum Gasteiger partial charge on any atom is 0.174 e. The Morgan fingerprint density at radius 1 is 1.23 bits per heavy atom. The van der Waals surface area contributed by atoms with Crippen LogP contribution in [-0.4, -0.2) is 21.0 Å². The fourth-order valence-electron chi connectivity index (χ4n) is 2.56. The van der Waals surface area contributed by atoms with Gasteiger partial charge in [0.25, 0.3) is 0 Å². The van der Waals surface area contributed by atoms with Gasteiger partial charge >= 0.3 is 0 Å². The molecule has 0 radical (unpaired) electrons. The summed E-state index contributed by atoms with van der Waals surface area (Å²) in [6.45, 7) is 2.93. The van der Waals surface area contributed by atoms with E-state index in [1.165, 1.54) is 18.4 Å². The molecule has 114 valence electrons. The number of pyridine rings is 1. The summed E-state index contributed by atoms with van der Waals surface area (Å²) in [5.41, 5.74) is 3.46. The third kappa shape index (κ3) is 3.63. The summed E-state index contributed by atoms with van der Waals surface area (Å²) < 4.78 is 0. The van der Waals surface area contributed by atoms with Gasteiger partial charge in [-0.2, -0.15) is 0 Å². The van der Waals surface area contributed by atoms with Crippen LogP contribution >= 0.6 is 12.2 Å².